The summed E-state index contributed by atoms with van der Waals surface area (Å²) in [6.07, 6.45) is 0.827. The lowest BCUT2D eigenvalue weighted by Crippen LogP contribution is -2.12. The van der Waals surface area contributed by atoms with Gasteiger partial charge in [-0.1, -0.05) is 6.07 Å². The highest BCUT2D eigenvalue weighted by molar-refractivity contribution is 7.18. The number of thiophene rings is 1. The van der Waals surface area contributed by atoms with E-state index in [1.807, 2.05) is 18.2 Å². The average Bonchev–Trinajstić information content (AvgIpc) is 3.01. The van der Waals surface area contributed by atoms with E-state index in [2.05, 4.69) is 29.1 Å². The van der Waals surface area contributed by atoms with Crippen LogP contribution in [0.3, 0.4) is 0 Å². The van der Waals surface area contributed by atoms with Gasteiger partial charge in [0.15, 0.2) is 11.5 Å². The third-order valence-corrected chi connectivity index (χ3v) is 5.86. The Morgan fingerprint density at radius 2 is 1.86 bits per heavy atom. The summed E-state index contributed by atoms with van der Waals surface area (Å²) in [6.45, 7) is 4.81. The van der Waals surface area contributed by atoms with Gasteiger partial charge in [-0.05, 0) is 43.5 Å². The largest absolute Gasteiger partial charge is 0.493 e. The number of aromatic nitrogens is 2. The first kappa shape index (κ1) is 20.9. The molecule has 0 aliphatic carbocycles. The molecule has 2 heterocycles. The molecule has 1 aromatic carbocycles. The fraction of sp³-hybridized carbons (Fsp3) is 0.381. The van der Waals surface area contributed by atoms with Crippen LogP contribution in [0, 0.1) is 13.8 Å². The summed E-state index contributed by atoms with van der Waals surface area (Å²) in [5.74, 6) is 2.26. The Morgan fingerprint density at radius 3 is 2.55 bits per heavy atom. The smallest absolute Gasteiger partial charge is 0.313 e. The molecule has 0 saturated heterocycles. The molecule has 0 aliphatic heterocycles. The number of nitrogens with zero attached hydrogens (tertiary/aromatic N) is 2. The third kappa shape index (κ3) is 4.59. The van der Waals surface area contributed by atoms with Gasteiger partial charge in [0.1, 0.15) is 22.9 Å². The molecule has 154 valence electrons. The Morgan fingerprint density at radius 1 is 1.10 bits per heavy atom. The van der Waals surface area contributed by atoms with Crippen molar-refractivity contribution in [1.82, 2.24) is 9.97 Å². The molecule has 0 saturated carbocycles. The van der Waals surface area contributed by atoms with Crippen molar-refractivity contribution in [1.29, 1.82) is 0 Å². The first-order valence-corrected chi connectivity index (χ1v) is 10.1. The van der Waals surface area contributed by atoms with Crippen LogP contribution in [0.4, 0.5) is 5.82 Å². The van der Waals surface area contributed by atoms with Crippen LogP contribution in [-0.4, -0.2) is 43.8 Å². The topological polar surface area (TPSA) is 82.6 Å². The second kappa shape index (κ2) is 9.09. The zero-order valence-corrected chi connectivity index (χ0v) is 18.1. The molecule has 3 rings (SSSR count). The van der Waals surface area contributed by atoms with E-state index < -0.39 is 0 Å². The standard InChI is InChI=1S/C21H25N3O4S/c1-12-13(2)29-21-19(12)20(23-17(24-21)11-18(25)28-5)22-9-8-14-6-7-15(26-3)16(10-14)27-4/h6-7,10H,8-9,11H2,1-5H3,(H,22,23,24). The van der Waals surface area contributed by atoms with Crippen LogP contribution in [0.2, 0.25) is 0 Å². The van der Waals surface area contributed by atoms with Gasteiger partial charge in [-0.2, -0.15) is 0 Å². The number of nitrogens with one attached hydrogen (secondary N) is 1. The minimum atomic E-state index is -0.356. The highest BCUT2D eigenvalue weighted by atomic mass is 32.1. The third-order valence-electron chi connectivity index (χ3n) is 4.76. The molecule has 0 atom stereocenters. The summed E-state index contributed by atoms with van der Waals surface area (Å²) in [5, 5.41) is 4.43. The summed E-state index contributed by atoms with van der Waals surface area (Å²) in [6, 6.07) is 5.89. The van der Waals surface area contributed by atoms with Crippen molar-refractivity contribution in [2.45, 2.75) is 26.7 Å². The lowest BCUT2D eigenvalue weighted by atomic mass is 10.1. The molecule has 8 heteroatoms. The number of hydrogen-bond acceptors (Lipinski definition) is 8. The summed E-state index contributed by atoms with van der Waals surface area (Å²) in [7, 11) is 4.61. The lowest BCUT2D eigenvalue weighted by Gasteiger charge is -2.11. The van der Waals surface area contributed by atoms with Crippen molar-refractivity contribution in [3.63, 3.8) is 0 Å². The molecule has 0 radical (unpaired) electrons. The van der Waals surface area contributed by atoms with Gasteiger partial charge < -0.3 is 19.5 Å². The first-order valence-electron chi connectivity index (χ1n) is 9.25. The van der Waals surface area contributed by atoms with Crippen LogP contribution in [0.15, 0.2) is 18.2 Å². The molecule has 29 heavy (non-hydrogen) atoms. The lowest BCUT2D eigenvalue weighted by molar-refractivity contribution is -0.139. The number of rotatable bonds is 8. The maximum atomic E-state index is 11.7. The normalized spacial score (nSPS) is 10.8. The molecule has 7 nitrogen and oxygen atoms in total. The van der Waals surface area contributed by atoms with Gasteiger partial charge in [0.25, 0.3) is 0 Å². The number of anilines is 1. The Balaban J connectivity index is 1.82. The maximum Gasteiger partial charge on any atom is 0.313 e. The van der Waals surface area contributed by atoms with Gasteiger partial charge in [-0.3, -0.25) is 4.79 Å². The van der Waals surface area contributed by atoms with Crippen molar-refractivity contribution in [2.75, 3.05) is 33.2 Å². The second-order valence-corrected chi connectivity index (χ2v) is 7.77. The van der Waals surface area contributed by atoms with Crippen molar-refractivity contribution in [3.05, 3.63) is 40.0 Å². The van der Waals surface area contributed by atoms with Crippen LogP contribution in [0.1, 0.15) is 21.8 Å². The van der Waals surface area contributed by atoms with Crippen LogP contribution < -0.4 is 14.8 Å². The van der Waals surface area contributed by atoms with Crippen molar-refractivity contribution >= 4 is 33.3 Å². The molecule has 0 unspecified atom stereocenters. The zero-order chi connectivity index (χ0) is 21.0. The monoisotopic (exact) mass is 415 g/mol. The van der Waals surface area contributed by atoms with Gasteiger partial charge >= 0.3 is 5.97 Å². The van der Waals surface area contributed by atoms with Gasteiger partial charge in [-0.15, -0.1) is 11.3 Å². The molecule has 0 amide bonds. The molecule has 2 aromatic heterocycles. The number of carbonyl (C=O) groups excluding carboxylic acids is 1. The van der Waals surface area contributed by atoms with Crippen LogP contribution in [-0.2, 0) is 22.4 Å². The molecular formula is C21H25N3O4S. The van der Waals surface area contributed by atoms with Gasteiger partial charge in [-0.25, -0.2) is 9.97 Å². The number of fused-ring (bicyclic) bond motifs is 1. The van der Waals surface area contributed by atoms with Gasteiger partial charge in [0.05, 0.1) is 26.7 Å². The Hall–Kier alpha value is -2.87. The van der Waals surface area contributed by atoms with Crippen molar-refractivity contribution in [2.24, 2.45) is 0 Å². The van der Waals surface area contributed by atoms with E-state index in [-0.39, 0.29) is 12.4 Å². The SMILES string of the molecule is COC(=O)Cc1nc(NCCc2ccc(OC)c(OC)c2)c2c(C)c(C)sc2n1. The van der Waals surface area contributed by atoms with E-state index in [4.69, 9.17) is 14.2 Å². The van der Waals surface area contributed by atoms with E-state index in [0.29, 0.717) is 23.9 Å². The average molecular weight is 416 g/mol. The summed E-state index contributed by atoms with van der Waals surface area (Å²) < 4.78 is 15.4. The number of carbonyl (C=O) groups is 1. The minimum absolute atomic E-state index is 0.0484. The van der Waals surface area contributed by atoms with Crippen LogP contribution in [0.25, 0.3) is 10.2 Å². The molecular weight excluding hydrogens is 390 g/mol. The molecule has 0 aliphatic rings. The van der Waals surface area contributed by atoms with E-state index in [1.54, 1.807) is 25.6 Å². The van der Waals surface area contributed by atoms with Crippen LogP contribution >= 0.6 is 11.3 Å². The number of esters is 1. The minimum Gasteiger partial charge on any atom is -0.493 e. The number of aryl methyl sites for hydroxylation is 2. The molecule has 0 spiro atoms. The van der Waals surface area contributed by atoms with Crippen molar-refractivity contribution < 1.29 is 19.0 Å². The highest BCUT2D eigenvalue weighted by Crippen LogP contribution is 2.33. The van der Waals surface area contributed by atoms with Gasteiger partial charge in [0.2, 0.25) is 0 Å². The Labute approximate surface area is 174 Å². The van der Waals surface area contributed by atoms with E-state index >= 15 is 0 Å². The van der Waals surface area contributed by atoms with E-state index in [9.17, 15) is 4.79 Å². The quantitative estimate of drug-likeness (QED) is 0.562. The summed E-state index contributed by atoms with van der Waals surface area (Å²) in [5.41, 5.74) is 2.27. The second-order valence-electron chi connectivity index (χ2n) is 6.57. The molecule has 0 fully saturated rings. The highest BCUT2D eigenvalue weighted by Gasteiger charge is 2.16. The number of benzene rings is 1. The predicted molar refractivity (Wildman–Crippen MR) is 114 cm³/mol. The van der Waals surface area contributed by atoms with Crippen LogP contribution in [0.5, 0.6) is 11.5 Å². The fourth-order valence-electron chi connectivity index (χ4n) is 3.06. The molecule has 0 bridgehead atoms. The number of ether oxygens (including phenoxy) is 3. The van der Waals surface area contributed by atoms with Gasteiger partial charge in [0, 0.05) is 11.4 Å². The summed E-state index contributed by atoms with van der Waals surface area (Å²) >= 11 is 1.61. The summed E-state index contributed by atoms with van der Waals surface area (Å²) in [4.78, 5) is 22.9. The Kier molecular flexibility index (Phi) is 6.53. The number of methoxy groups -OCH3 is 3. The number of hydrogen-bond donors (Lipinski definition) is 1. The zero-order valence-electron chi connectivity index (χ0n) is 17.3. The molecule has 3 aromatic rings. The Bertz CT molecular complexity index is 1030. The van der Waals surface area contributed by atoms with E-state index in [1.165, 1.54) is 12.0 Å². The fourth-order valence-corrected chi connectivity index (χ4v) is 4.11. The predicted octanol–water partition coefficient (Wildman–Crippen LogP) is 3.70. The first-order chi connectivity index (χ1) is 14.0. The molecule has 1 N–H and O–H groups in total. The van der Waals surface area contributed by atoms with E-state index in [0.717, 1.165) is 33.6 Å². The van der Waals surface area contributed by atoms with Crippen molar-refractivity contribution in [3.8, 4) is 11.5 Å². The maximum absolute atomic E-state index is 11.7.